The summed E-state index contributed by atoms with van der Waals surface area (Å²) in [6.07, 6.45) is 0. The Kier molecular flexibility index (Phi) is 6.00. The van der Waals surface area contributed by atoms with Crippen molar-refractivity contribution in [2.24, 2.45) is 0 Å². The Morgan fingerprint density at radius 2 is 2.18 bits per heavy atom. The van der Waals surface area contributed by atoms with E-state index >= 15 is 0 Å². The molecule has 1 aromatic rings. The molecule has 4 nitrogen and oxygen atoms in total. The topological polar surface area (TPSA) is 61.5 Å². The van der Waals surface area contributed by atoms with Gasteiger partial charge in [-0.05, 0) is 25.1 Å². The highest BCUT2D eigenvalue weighted by atomic mass is 32.2. The number of anilines is 1. The van der Waals surface area contributed by atoms with Gasteiger partial charge >= 0.3 is 0 Å². The van der Waals surface area contributed by atoms with Crippen molar-refractivity contribution in [3.05, 3.63) is 23.8 Å². The zero-order chi connectivity index (χ0) is 12.7. The summed E-state index contributed by atoms with van der Waals surface area (Å²) < 4.78 is 22.2. The molecule has 0 amide bonds. The fourth-order valence-corrected chi connectivity index (χ4v) is 2.50. The minimum atomic E-state index is -0.954. The molecule has 0 aliphatic rings. The summed E-state index contributed by atoms with van der Waals surface area (Å²) in [6, 6.07) is 5.42. The van der Waals surface area contributed by atoms with E-state index in [-0.39, 0.29) is 0 Å². The highest BCUT2D eigenvalue weighted by Crippen LogP contribution is 2.23. The van der Waals surface area contributed by atoms with Crippen molar-refractivity contribution in [1.82, 2.24) is 0 Å². The second-order valence-electron chi connectivity index (χ2n) is 3.58. The van der Waals surface area contributed by atoms with Crippen LogP contribution in [0.1, 0.15) is 12.5 Å². The Balaban J connectivity index is 2.73. The lowest BCUT2D eigenvalue weighted by Gasteiger charge is -2.10. The maximum atomic E-state index is 11.8. The fraction of sp³-hybridized carbons (Fsp3) is 0.500. The van der Waals surface area contributed by atoms with Crippen molar-refractivity contribution in [3.63, 3.8) is 0 Å². The number of nitrogen functional groups attached to an aromatic ring is 1. The Bertz CT molecular complexity index is 382. The van der Waals surface area contributed by atoms with Crippen LogP contribution < -0.4 is 10.5 Å². The molecule has 0 heterocycles. The normalized spacial score (nSPS) is 12.4. The molecule has 1 aromatic carbocycles. The third kappa shape index (κ3) is 4.75. The maximum Gasteiger partial charge on any atom is 0.123 e. The summed E-state index contributed by atoms with van der Waals surface area (Å²) in [5.74, 6) is 1.73. The number of methoxy groups -OCH3 is 1. The molecular formula is C12H19NO3S. The first-order chi connectivity index (χ1) is 8.17. The Morgan fingerprint density at radius 3 is 2.82 bits per heavy atom. The van der Waals surface area contributed by atoms with Crippen molar-refractivity contribution in [1.29, 1.82) is 0 Å². The quantitative estimate of drug-likeness (QED) is 0.753. The smallest absolute Gasteiger partial charge is 0.123 e. The molecule has 0 fully saturated rings. The highest BCUT2D eigenvalue weighted by Gasteiger charge is 2.08. The molecule has 0 aromatic heterocycles. The zero-order valence-electron chi connectivity index (χ0n) is 10.3. The molecule has 0 saturated heterocycles. The van der Waals surface area contributed by atoms with Crippen molar-refractivity contribution in [2.75, 3.05) is 31.8 Å². The van der Waals surface area contributed by atoms with Gasteiger partial charge in [0.1, 0.15) is 5.75 Å². The molecule has 1 atom stereocenters. The molecule has 1 unspecified atom stereocenters. The van der Waals surface area contributed by atoms with Gasteiger partial charge in [-0.15, -0.1) is 0 Å². The van der Waals surface area contributed by atoms with Crippen LogP contribution in [0.3, 0.4) is 0 Å². The minimum absolute atomic E-state index is 0.448. The van der Waals surface area contributed by atoms with Gasteiger partial charge in [0.25, 0.3) is 0 Å². The van der Waals surface area contributed by atoms with E-state index in [1.54, 1.807) is 13.2 Å². The van der Waals surface area contributed by atoms with E-state index < -0.39 is 10.8 Å². The lowest BCUT2D eigenvalue weighted by Crippen LogP contribution is -2.08. The van der Waals surface area contributed by atoms with Gasteiger partial charge in [-0.1, -0.05) is 0 Å². The summed E-state index contributed by atoms with van der Waals surface area (Å²) in [5, 5.41) is 0. The van der Waals surface area contributed by atoms with Crippen LogP contribution in [0.25, 0.3) is 0 Å². The average molecular weight is 257 g/mol. The van der Waals surface area contributed by atoms with Gasteiger partial charge in [0.05, 0.1) is 19.0 Å². The standard InChI is InChI=1S/C12H19NO3S/c1-3-16-12-5-4-11(13)8-10(12)9-17(14)7-6-15-2/h4-5,8H,3,6-7,9,13H2,1-2H3. The van der Waals surface area contributed by atoms with Gasteiger partial charge in [-0.3, -0.25) is 4.21 Å². The summed E-state index contributed by atoms with van der Waals surface area (Å²) in [5.41, 5.74) is 7.27. The van der Waals surface area contributed by atoms with Crippen LogP contribution in [0.5, 0.6) is 5.75 Å². The number of hydrogen-bond acceptors (Lipinski definition) is 4. The van der Waals surface area contributed by atoms with Crippen LogP contribution in [0.4, 0.5) is 5.69 Å². The van der Waals surface area contributed by atoms with Gasteiger partial charge in [0.2, 0.25) is 0 Å². The van der Waals surface area contributed by atoms with E-state index in [1.165, 1.54) is 0 Å². The fourth-order valence-electron chi connectivity index (χ4n) is 1.43. The summed E-state index contributed by atoms with van der Waals surface area (Å²) >= 11 is 0. The molecule has 0 bridgehead atoms. The molecule has 1 rings (SSSR count). The van der Waals surface area contributed by atoms with Crippen LogP contribution >= 0.6 is 0 Å². The molecule has 0 aliphatic carbocycles. The number of hydrogen-bond donors (Lipinski definition) is 1. The predicted octanol–water partition coefficient (Wildman–Crippen LogP) is 1.56. The third-order valence-corrected chi connectivity index (χ3v) is 3.47. The maximum absolute atomic E-state index is 11.8. The molecule has 96 valence electrons. The van der Waals surface area contributed by atoms with Crippen LogP contribution in [0.15, 0.2) is 18.2 Å². The second kappa shape index (κ2) is 7.29. The highest BCUT2D eigenvalue weighted by molar-refractivity contribution is 7.84. The van der Waals surface area contributed by atoms with Crippen molar-refractivity contribution < 1.29 is 13.7 Å². The number of rotatable bonds is 7. The first-order valence-electron chi connectivity index (χ1n) is 5.52. The molecular weight excluding hydrogens is 238 g/mol. The van der Waals surface area contributed by atoms with Gasteiger partial charge in [-0.2, -0.15) is 0 Å². The van der Waals surface area contributed by atoms with E-state index in [0.29, 0.717) is 30.4 Å². The first kappa shape index (κ1) is 14.0. The molecule has 17 heavy (non-hydrogen) atoms. The van der Waals surface area contributed by atoms with Crippen molar-refractivity contribution in [3.8, 4) is 5.75 Å². The van der Waals surface area contributed by atoms with Gasteiger partial charge in [0, 0.05) is 34.9 Å². The summed E-state index contributed by atoms with van der Waals surface area (Å²) in [7, 11) is 0.647. The Labute approximate surface area is 105 Å². The average Bonchev–Trinajstić information content (AvgIpc) is 2.30. The second-order valence-corrected chi connectivity index (χ2v) is 5.16. The molecule has 2 N–H and O–H groups in total. The van der Waals surface area contributed by atoms with E-state index in [4.69, 9.17) is 15.2 Å². The number of ether oxygens (including phenoxy) is 2. The van der Waals surface area contributed by atoms with Gasteiger partial charge in [-0.25, -0.2) is 0 Å². The van der Waals surface area contributed by atoms with Gasteiger partial charge in [0.15, 0.2) is 0 Å². The molecule has 0 saturated carbocycles. The van der Waals surface area contributed by atoms with Crippen LogP contribution in [-0.2, 0) is 21.3 Å². The third-order valence-electron chi connectivity index (χ3n) is 2.22. The van der Waals surface area contributed by atoms with Crippen molar-refractivity contribution >= 4 is 16.5 Å². The van der Waals surface area contributed by atoms with Gasteiger partial charge < -0.3 is 15.2 Å². The van der Waals surface area contributed by atoms with E-state index in [2.05, 4.69) is 0 Å². The van der Waals surface area contributed by atoms with Crippen LogP contribution in [0, 0.1) is 0 Å². The minimum Gasteiger partial charge on any atom is -0.494 e. The lowest BCUT2D eigenvalue weighted by atomic mass is 10.2. The lowest BCUT2D eigenvalue weighted by molar-refractivity contribution is 0.218. The van der Waals surface area contributed by atoms with E-state index in [0.717, 1.165) is 11.3 Å². The monoisotopic (exact) mass is 257 g/mol. The largest absolute Gasteiger partial charge is 0.494 e. The SMILES string of the molecule is CCOc1ccc(N)cc1CS(=O)CCOC. The van der Waals surface area contributed by atoms with E-state index in [1.807, 2.05) is 19.1 Å². The molecule has 5 heteroatoms. The molecule has 0 spiro atoms. The van der Waals surface area contributed by atoms with Crippen LogP contribution in [0.2, 0.25) is 0 Å². The Morgan fingerprint density at radius 1 is 1.41 bits per heavy atom. The Hall–Kier alpha value is -1.07. The van der Waals surface area contributed by atoms with Crippen LogP contribution in [-0.4, -0.2) is 30.3 Å². The zero-order valence-corrected chi connectivity index (χ0v) is 11.1. The summed E-state index contributed by atoms with van der Waals surface area (Å²) in [6.45, 7) is 3.00. The van der Waals surface area contributed by atoms with E-state index in [9.17, 15) is 4.21 Å². The summed E-state index contributed by atoms with van der Waals surface area (Å²) in [4.78, 5) is 0. The molecule has 0 aliphatic heterocycles. The van der Waals surface area contributed by atoms with Crippen molar-refractivity contribution in [2.45, 2.75) is 12.7 Å². The molecule has 0 radical (unpaired) electrons. The number of benzene rings is 1. The number of nitrogens with two attached hydrogens (primary N) is 1. The predicted molar refractivity (Wildman–Crippen MR) is 70.6 cm³/mol. The first-order valence-corrected chi connectivity index (χ1v) is 7.01.